The van der Waals surface area contributed by atoms with Crippen molar-refractivity contribution >= 4 is 22.7 Å². The summed E-state index contributed by atoms with van der Waals surface area (Å²) in [5.74, 6) is 1.81. The lowest BCUT2D eigenvalue weighted by atomic mass is 10.0. The number of ether oxygens (including phenoxy) is 2. The van der Waals surface area contributed by atoms with E-state index in [4.69, 9.17) is 18.3 Å². The van der Waals surface area contributed by atoms with Crippen molar-refractivity contribution < 1.29 is 18.3 Å². The number of nitrogens with zero attached hydrogens (tertiary/aromatic N) is 3. The highest BCUT2D eigenvalue weighted by atomic mass is 32.2. The molecule has 170 valence electrons. The predicted molar refractivity (Wildman–Crippen MR) is 125 cm³/mol. The second-order valence-electron chi connectivity index (χ2n) is 7.56. The molecule has 0 atom stereocenters. The highest BCUT2D eigenvalue weighted by Gasteiger charge is 2.13. The van der Waals surface area contributed by atoms with Gasteiger partial charge in [0.2, 0.25) is 0 Å². The molecule has 2 aromatic carbocycles. The van der Waals surface area contributed by atoms with E-state index in [9.17, 15) is 4.79 Å². The van der Waals surface area contributed by atoms with Gasteiger partial charge in [0.05, 0.1) is 13.2 Å². The topological polar surface area (TPSA) is 90.8 Å². The Kier molecular flexibility index (Phi) is 6.71. The van der Waals surface area contributed by atoms with E-state index in [0.717, 1.165) is 55.1 Å². The number of aromatic nitrogens is 2. The van der Waals surface area contributed by atoms with Crippen molar-refractivity contribution in [1.29, 1.82) is 0 Å². The lowest BCUT2D eigenvalue weighted by Gasteiger charge is -2.25. The van der Waals surface area contributed by atoms with E-state index in [1.165, 1.54) is 17.8 Å². The third-order valence-electron chi connectivity index (χ3n) is 5.35. The van der Waals surface area contributed by atoms with E-state index in [2.05, 4.69) is 15.1 Å². The van der Waals surface area contributed by atoms with Gasteiger partial charge in [0.15, 0.2) is 6.61 Å². The third-order valence-corrected chi connectivity index (χ3v) is 6.15. The van der Waals surface area contributed by atoms with Gasteiger partial charge in [0.25, 0.3) is 11.1 Å². The maximum atomic E-state index is 12.1. The predicted octanol–water partition coefficient (Wildman–Crippen LogP) is 3.85. The van der Waals surface area contributed by atoms with Gasteiger partial charge in [-0.05, 0) is 23.3 Å². The first-order valence-corrected chi connectivity index (χ1v) is 11.7. The van der Waals surface area contributed by atoms with Crippen molar-refractivity contribution in [2.45, 2.75) is 11.8 Å². The number of hydrogen-bond acceptors (Lipinski definition) is 9. The van der Waals surface area contributed by atoms with Crippen LogP contribution in [0.25, 0.3) is 22.1 Å². The molecule has 1 fully saturated rings. The van der Waals surface area contributed by atoms with Gasteiger partial charge in [-0.25, -0.2) is 4.79 Å². The molecule has 0 radical (unpaired) electrons. The normalized spacial score (nSPS) is 14.5. The number of thioether (sulfide) groups is 1. The van der Waals surface area contributed by atoms with Crippen molar-refractivity contribution in [2.24, 2.45) is 0 Å². The summed E-state index contributed by atoms with van der Waals surface area (Å²) in [4.78, 5) is 14.5. The lowest BCUT2D eigenvalue weighted by Crippen LogP contribution is -2.37. The smallest absolute Gasteiger partial charge is 0.336 e. The molecule has 8 nitrogen and oxygen atoms in total. The Morgan fingerprint density at radius 2 is 1.85 bits per heavy atom. The lowest BCUT2D eigenvalue weighted by molar-refractivity contribution is 0.0410. The standard InChI is InChI=1S/C24H23N3O5S/c28-23-15-20(17-4-2-1-3-5-17)19-7-6-18(14-21(19)31-23)30-16-22-25-26-24(32-22)33-13-10-27-8-11-29-12-9-27/h1-7,14-15H,8-13,16H2. The molecular weight excluding hydrogens is 442 g/mol. The number of fused-ring (bicyclic) bond motifs is 1. The minimum absolute atomic E-state index is 0.130. The maximum absolute atomic E-state index is 12.1. The molecule has 0 spiro atoms. The fourth-order valence-corrected chi connectivity index (χ4v) is 4.45. The van der Waals surface area contributed by atoms with Crippen LogP contribution in [-0.2, 0) is 11.3 Å². The first-order valence-electron chi connectivity index (χ1n) is 10.8. The summed E-state index contributed by atoms with van der Waals surface area (Å²) in [5.41, 5.74) is 1.83. The van der Waals surface area contributed by atoms with Gasteiger partial charge in [0, 0.05) is 42.9 Å². The highest BCUT2D eigenvalue weighted by molar-refractivity contribution is 7.99. The zero-order chi connectivity index (χ0) is 22.5. The molecule has 4 aromatic rings. The SMILES string of the molecule is O=c1cc(-c2ccccc2)c2ccc(OCc3nnc(SCCN4CCOCC4)o3)cc2o1. The summed E-state index contributed by atoms with van der Waals surface area (Å²) < 4.78 is 22.3. The molecule has 0 unspecified atom stereocenters. The molecular formula is C24H23N3O5S. The van der Waals surface area contributed by atoms with Gasteiger partial charge in [-0.2, -0.15) is 0 Å². The van der Waals surface area contributed by atoms with Gasteiger partial charge in [-0.1, -0.05) is 42.1 Å². The molecule has 33 heavy (non-hydrogen) atoms. The van der Waals surface area contributed by atoms with Crippen molar-refractivity contribution in [3.63, 3.8) is 0 Å². The molecule has 2 aromatic heterocycles. The first kappa shape index (κ1) is 21.7. The van der Waals surface area contributed by atoms with Gasteiger partial charge >= 0.3 is 5.63 Å². The van der Waals surface area contributed by atoms with Crippen molar-refractivity contribution in [3.8, 4) is 16.9 Å². The summed E-state index contributed by atoms with van der Waals surface area (Å²) in [7, 11) is 0. The Balaban J connectivity index is 1.22. The summed E-state index contributed by atoms with van der Waals surface area (Å²) in [5, 5.41) is 9.50. The molecule has 1 saturated heterocycles. The fourth-order valence-electron chi connectivity index (χ4n) is 3.68. The maximum Gasteiger partial charge on any atom is 0.336 e. The van der Waals surface area contributed by atoms with Crippen LogP contribution in [0.3, 0.4) is 0 Å². The van der Waals surface area contributed by atoms with Gasteiger partial charge in [-0.15, -0.1) is 10.2 Å². The van der Waals surface area contributed by atoms with Crippen molar-refractivity contribution in [3.05, 3.63) is 70.9 Å². The van der Waals surface area contributed by atoms with Crippen LogP contribution < -0.4 is 10.4 Å². The number of benzene rings is 2. The summed E-state index contributed by atoms with van der Waals surface area (Å²) >= 11 is 1.53. The van der Waals surface area contributed by atoms with Crippen LogP contribution in [0, 0.1) is 0 Å². The van der Waals surface area contributed by atoms with Crippen LogP contribution in [0.15, 0.2) is 73.4 Å². The van der Waals surface area contributed by atoms with Crippen LogP contribution in [0.2, 0.25) is 0 Å². The Labute approximate surface area is 194 Å². The van der Waals surface area contributed by atoms with E-state index < -0.39 is 5.63 Å². The fraction of sp³-hybridized carbons (Fsp3) is 0.292. The van der Waals surface area contributed by atoms with E-state index in [-0.39, 0.29) is 6.61 Å². The molecule has 0 bridgehead atoms. The van der Waals surface area contributed by atoms with E-state index in [1.807, 2.05) is 42.5 Å². The Morgan fingerprint density at radius 3 is 2.70 bits per heavy atom. The summed E-state index contributed by atoms with van der Waals surface area (Å²) in [6.45, 7) is 4.59. The quantitative estimate of drug-likeness (QED) is 0.284. The van der Waals surface area contributed by atoms with Gasteiger partial charge < -0.3 is 18.3 Å². The Morgan fingerprint density at radius 1 is 1.00 bits per heavy atom. The minimum atomic E-state index is -0.408. The zero-order valence-electron chi connectivity index (χ0n) is 17.9. The number of hydrogen-bond donors (Lipinski definition) is 0. The Hall–Kier alpha value is -3.14. The number of morpholine rings is 1. The molecule has 1 aliphatic heterocycles. The van der Waals surface area contributed by atoms with Gasteiger partial charge in [0.1, 0.15) is 11.3 Å². The largest absolute Gasteiger partial charge is 0.484 e. The molecule has 0 aliphatic carbocycles. The van der Waals surface area contributed by atoms with E-state index in [0.29, 0.717) is 22.4 Å². The van der Waals surface area contributed by atoms with Crippen molar-refractivity contribution in [2.75, 3.05) is 38.6 Å². The van der Waals surface area contributed by atoms with Gasteiger partial charge in [-0.3, -0.25) is 4.90 Å². The second-order valence-corrected chi connectivity index (χ2v) is 8.60. The molecule has 0 N–H and O–H groups in total. The van der Waals surface area contributed by atoms with Crippen LogP contribution in [0.4, 0.5) is 0 Å². The van der Waals surface area contributed by atoms with E-state index >= 15 is 0 Å². The first-order chi connectivity index (χ1) is 16.2. The molecule has 0 saturated carbocycles. The summed E-state index contributed by atoms with van der Waals surface area (Å²) in [6, 6.07) is 16.7. The van der Waals surface area contributed by atoms with Crippen molar-refractivity contribution in [1.82, 2.24) is 15.1 Å². The number of rotatable bonds is 8. The third kappa shape index (κ3) is 5.44. The van der Waals surface area contributed by atoms with Crippen LogP contribution in [0.1, 0.15) is 5.89 Å². The molecule has 1 aliphatic rings. The van der Waals surface area contributed by atoms with Crippen LogP contribution in [-0.4, -0.2) is 53.7 Å². The molecule has 3 heterocycles. The monoisotopic (exact) mass is 465 g/mol. The Bertz CT molecular complexity index is 1270. The molecule has 0 amide bonds. The molecule has 5 rings (SSSR count). The zero-order valence-corrected chi connectivity index (χ0v) is 18.8. The highest BCUT2D eigenvalue weighted by Crippen LogP contribution is 2.30. The minimum Gasteiger partial charge on any atom is -0.484 e. The van der Waals surface area contributed by atoms with E-state index in [1.54, 1.807) is 6.07 Å². The average Bonchev–Trinajstić information content (AvgIpc) is 3.31. The van der Waals surface area contributed by atoms with Crippen LogP contribution in [0.5, 0.6) is 5.75 Å². The second kappa shape index (κ2) is 10.2. The molecule has 9 heteroatoms. The summed E-state index contributed by atoms with van der Waals surface area (Å²) in [6.07, 6.45) is 0. The average molecular weight is 466 g/mol. The van der Waals surface area contributed by atoms with Crippen LogP contribution >= 0.6 is 11.8 Å².